The highest BCUT2D eigenvalue weighted by Gasteiger charge is 2.09. The first-order valence-corrected chi connectivity index (χ1v) is 4.36. The molecule has 0 fully saturated rings. The molecule has 0 amide bonds. The molecule has 0 N–H and O–H groups in total. The smallest absolute Gasteiger partial charge is 0.140 e. The molecule has 2 rings (SSSR count). The fourth-order valence-electron chi connectivity index (χ4n) is 1.16. The van der Waals surface area contributed by atoms with Gasteiger partial charge in [-0.2, -0.15) is 0 Å². The Hall–Kier alpha value is -1.03. The van der Waals surface area contributed by atoms with Crippen LogP contribution in [0.4, 0.5) is 8.78 Å². The Labute approximate surface area is 81.5 Å². The molecule has 0 saturated heterocycles. The van der Waals surface area contributed by atoms with Crippen LogP contribution in [0.3, 0.4) is 0 Å². The Morgan fingerprint density at radius 1 is 1.15 bits per heavy atom. The number of nitrogens with zero attached hydrogens (tertiary/aromatic N) is 1. The van der Waals surface area contributed by atoms with Crippen LogP contribution in [0.15, 0.2) is 29.0 Å². The van der Waals surface area contributed by atoms with Crippen molar-refractivity contribution in [2.75, 3.05) is 0 Å². The number of halogens is 3. The maximum Gasteiger partial charge on any atom is 0.140 e. The molecule has 0 aliphatic rings. The van der Waals surface area contributed by atoms with Crippen LogP contribution in [-0.4, -0.2) is 4.98 Å². The van der Waals surface area contributed by atoms with E-state index in [0.29, 0.717) is 10.8 Å². The maximum atomic E-state index is 13.1. The Kier molecular flexibility index (Phi) is 2.00. The van der Waals surface area contributed by atoms with Gasteiger partial charge in [0.15, 0.2) is 0 Å². The summed E-state index contributed by atoms with van der Waals surface area (Å²) in [5, 5.41) is 0.809. The van der Waals surface area contributed by atoms with Gasteiger partial charge < -0.3 is 0 Å². The maximum absolute atomic E-state index is 13.1. The predicted octanol–water partition coefficient (Wildman–Crippen LogP) is 3.28. The van der Waals surface area contributed by atoms with Gasteiger partial charge in [-0.25, -0.2) is 8.78 Å². The highest BCUT2D eigenvalue weighted by Crippen LogP contribution is 2.27. The highest BCUT2D eigenvalue weighted by atomic mass is 79.9. The van der Waals surface area contributed by atoms with Gasteiger partial charge in [0.25, 0.3) is 0 Å². The van der Waals surface area contributed by atoms with Crippen molar-refractivity contribution in [1.82, 2.24) is 4.98 Å². The van der Waals surface area contributed by atoms with Crippen molar-refractivity contribution in [3.05, 3.63) is 40.6 Å². The molecule has 0 unspecified atom stereocenters. The fraction of sp³-hybridized carbons (Fsp3) is 0. The Bertz CT molecular complexity index is 470. The molecule has 1 aromatic carbocycles. The van der Waals surface area contributed by atoms with Crippen molar-refractivity contribution in [2.24, 2.45) is 0 Å². The van der Waals surface area contributed by atoms with Crippen molar-refractivity contribution in [3.8, 4) is 0 Å². The molecular weight excluding hydrogens is 240 g/mol. The van der Waals surface area contributed by atoms with E-state index >= 15 is 0 Å². The van der Waals surface area contributed by atoms with Crippen LogP contribution in [0.2, 0.25) is 0 Å². The van der Waals surface area contributed by atoms with Crippen molar-refractivity contribution < 1.29 is 8.78 Å². The minimum Gasteiger partial charge on any atom is -0.264 e. The van der Waals surface area contributed by atoms with Crippen LogP contribution in [0.5, 0.6) is 0 Å². The van der Waals surface area contributed by atoms with E-state index in [-0.39, 0.29) is 4.47 Å². The third kappa shape index (κ3) is 1.31. The SMILES string of the molecule is Fc1cc(F)c2cnccc2c1Br. The van der Waals surface area contributed by atoms with Gasteiger partial charge >= 0.3 is 0 Å². The van der Waals surface area contributed by atoms with Crippen molar-refractivity contribution in [1.29, 1.82) is 0 Å². The normalized spacial score (nSPS) is 10.7. The molecule has 0 aliphatic carbocycles. The Morgan fingerprint density at radius 2 is 1.92 bits per heavy atom. The average molecular weight is 244 g/mol. The molecule has 2 aromatic rings. The van der Waals surface area contributed by atoms with Gasteiger partial charge in [-0.3, -0.25) is 4.98 Å². The lowest BCUT2D eigenvalue weighted by Gasteiger charge is -2.01. The van der Waals surface area contributed by atoms with Gasteiger partial charge in [0.2, 0.25) is 0 Å². The Balaban J connectivity index is 2.97. The summed E-state index contributed by atoms with van der Waals surface area (Å²) in [5.41, 5.74) is 0. The number of rotatable bonds is 0. The summed E-state index contributed by atoms with van der Waals surface area (Å²) in [6, 6.07) is 2.40. The topological polar surface area (TPSA) is 12.9 Å². The molecule has 1 nitrogen and oxygen atoms in total. The van der Waals surface area contributed by atoms with Gasteiger partial charge in [0.05, 0.1) is 4.47 Å². The molecule has 0 saturated carbocycles. The van der Waals surface area contributed by atoms with E-state index in [1.54, 1.807) is 6.07 Å². The van der Waals surface area contributed by atoms with E-state index in [2.05, 4.69) is 20.9 Å². The number of aromatic nitrogens is 1. The highest BCUT2D eigenvalue weighted by molar-refractivity contribution is 9.10. The summed E-state index contributed by atoms with van der Waals surface area (Å²) in [6.45, 7) is 0. The predicted molar refractivity (Wildman–Crippen MR) is 49.4 cm³/mol. The third-order valence-electron chi connectivity index (χ3n) is 1.78. The van der Waals surface area contributed by atoms with Gasteiger partial charge in [-0.15, -0.1) is 0 Å². The van der Waals surface area contributed by atoms with Gasteiger partial charge in [-0.05, 0) is 22.0 Å². The largest absolute Gasteiger partial charge is 0.264 e. The van der Waals surface area contributed by atoms with E-state index < -0.39 is 11.6 Å². The molecule has 66 valence electrons. The lowest BCUT2D eigenvalue weighted by Crippen LogP contribution is -1.86. The van der Waals surface area contributed by atoms with E-state index in [1.165, 1.54) is 12.4 Å². The summed E-state index contributed by atoms with van der Waals surface area (Å²) >= 11 is 3.05. The van der Waals surface area contributed by atoms with E-state index in [1.807, 2.05) is 0 Å². The average Bonchev–Trinajstić information content (AvgIpc) is 2.15. The van der Waals surface area contributed by atoms with Crippen LogP contribution < -0.4 is 0 Å². The molecule has 13 heavy (non-hydrogen) atoms. The molecule has 4 heteroatoms. The summed E-state index contributed by atoms with van der Waals surface area (Å²) in [7, 11) is 0. The fourth-order valence-corrected chi connectivity index (χ4v) is 1.62. The van der Waals surface area contributed by atoms with E-state index in [0.717, 1.165) is 6.07 Å². The van der Waals surface area contributed by atoms with E-state index in [9.17, 15) is 8.78 Å². The van der Waals surface area contributed by atoms with Gasteiger partial charge in [0, 0.05) is 29.2 Å². The summed E-state index contributed by atoms with van der Waals surface area (Å²) in [5.74, 6) is -1.19. The van der Waals surface area contributed by atoms with Crippen LogP contribution in [0.25, 0.3) is 10.8 Å². The standard InChI is InChI=1S/C9H4BrF2N/c10-9-5-1-2-13-4-6(5)7(11)3-8(9)12/h1-4H. The zero-order valence-corrected chi connectivity index (χ0v) is 7.98. The summed E-state index contributed by atoms with van der Waals surface area (Å²) in [6.07, 6.45) is 2.86. The molecular formula is C9H4BrF2N. The summed E-state index contributed by atoms with van der Waals surface area (Å²) < 4.78 is 26.4. The third-order valence-corrected chi connectivity index (χ3v) is 2.58. The van der Waals surface area contributed by atoms with Crippen molar-refractivity contribution in [2.45, 2.75) is 0 Å². The van der Waals surface area contributed by atoms with Crippen LogP contribution in [-0.2, 0) is 0 Å². The van der Waals surface area contributed by atoms with Gasteiger partial charge in [-0.1, -0.05) is 0 Å². The van der Waals surface area contributed by atoms with Crippen LogP contribution >= 0.6 is 15.9 Å². The molecule has 0 atom stereocenters. The minimum atomic E-state index is -0.601. The van der Waals surface area contributed by atoms with Gasteiger partial charge in [0.1, 0.15) is 11.6 Å². The zero-order valence-electron chi connectivity index (χ0n) is 6.39. The first kappa shape index (κ1) is 8.56. The second-order valence-electron chi connectivity index (χ2n) is 2.58. The zero-order chi connectivity index (χ0) is 9.42. The lowest BCUT2D eigenvalue weighted by atomic mass is 10.2. The monoisotopic (exact) mass is 243 g/mol. The quantitative estimate of drug-likeness (QED) is 0.648. The molecule has 0 aliphatic heterocycles. The number of hydrogen-bond acceptors (Lipinski definition) is 1. The first-order chi connectivity index (χ1) is 6.20. The van der Waals surface area contributed by atoms with E-state index in [4.69, 9.17) is 0 Å². The molecule has 0 radical (unpaired) electrons. The number of fused-ring (bicyclic) bond motifs is 1. The Morgan fingerprint density at radius 3 is 2.69 bits per heavy atom. The first-order valence-electron chi connectivity index (χ1n) is 3.57. The number of hydrogen-bond donors (Lipinski definition) is 0. The second kappa shape index (κ2) is 3.03. The number of benzene rings is 1. The lowest BCUT2D eigenvalue weighted by molar-refractivity contribution is 0.587. The summed E-state index contributed by atoms with van der Waals surface area (Å²) in [4.78, 5) is 3.76. The second-order valence-corrected chi connectivity index (χ2v) is 3.37. The molecule has 0 spiro atoms. The molecule has 0 bridgehead atoms. The minimum absolute atomic E-state index is 0.270. The number of pyridine rings is 1. The van der Waals surface area contributed by atoms with Crippen molar-refractivity contribution >= 4 is 26.7 Å². The van der Waals surface area contributed by atoms with Crippen LogP contribution in [0.1, 0.15) is 0 Å². The molecule has 1 heterocycles. The van der Waals surface area contributed by atoms with Crippen molar-refractivity contribution in [3.63, 3.8) is 0 Å². The molecule has 1 aromatic heterocycles. The van der Waals surface area contributed by atoms with Crippen LogP contribution in [0, 0.1) is 11.6 Å².